The van der Waals surface area contributed by atoms with E-state index in [1.165, 1.54) is 89.5 Å². The molecule has 6 unspecified atom stereocenters. The molecule has 290 valence electrons. The standard InChI is InChI=1S/C36H70NO11P/c1-3-5-7-9-11-13-14-15-16-18-19-21-23-25-29(38)28(37-30(39)26-24-22-20-17-12-10-8-6-4-2)27-47-49(45,46)48-36-34(43)32(41)31(40)33(42)35(36)44/h23,25,28-29,31-36,38,40-44H,3-22,24,26-27H2,1-2H3,(H,37,39)(H,45,46)/b25-23+/t28-,29+,31?,32+,33?,34?,35?,36?/m0/s1. The highest BCUT2D eigenvalue weighted by molar-refractivity contribution is 7.47. The number of allylic oxidation sites excluding steroid dienone is 1. The van der Waals surface area contributed by atoms with E-state index in [9.17, 15) is 44.9 Å². The van der Waals surface area contributed by atoms with Crippen molar-refractivity contribution in [2.45, 2.75) is 204 Å². The molecular formula is C36H70NO11P. The fraction of sp³-hybridized carbons (Fsp3) is 0.917. The first kappa shape index (κ1) is 46.1. The highest BCUT2D eigenvalue weighted by Gasteiger charge is 2.51. The van der Waals surface area contributed by atoms with Crippen LogP contribution in [-0.2, 0) is 18.4 Å². The van der Waals surface area contributed by atoms with Crippen molar-refractivity contribution in [2.75, 3.05) is 6.61 Å². The Morgan fingerprint density at radius 2 is 1.08 bits per heavy atom. The van der Waals surface area contributed by atoms with Crippen LogP contribution in [0.3, 0.4) is 0 Å². The van der Waals surface area contributed by atoms with E-state index in [1.54, 1.807) is 0 Å². The van der Waals surface area contributed by atoms with Crippen LogP contribution in [0, 0.1) is 0 Å². The molecule has 0 aromatic carbocycles. The largest absolute Gasteiger partial charge is 0.472 e. The molecule has 1 aliphatic carbocycles. The molecule has 0 saturated heterocycles. The average molecular weight is 724 g/mol. The summed E-state index contributed by atoms with van der Waals surface area (Å²) < 4.78 is 22.7. The highest BCUT2D eigenvalue weighted by Crippen LogP contribution is 2.47. The van der Waals surface area contributed by atoms with Crippen molar-refractivity contribution in [1.82, 2.24) is 5.32 Å². The molecule has 13 heteroatoms. The smallest absolute Gasteiger partial charge is 0.387 e. The highest BCUT2D eigenvalue weighted by atomic mass is 31.2. The minimum absolute atomic E-state index is 0.216. The summed E-state index contributed by atoms with van der Waals surface area (Å²) in [4.78, 5) is 23.1. The summed E-state index contributed by atoms with van der Waals surface area (Å²) in [6.07, 6.45) is 14.5. The van der Waals surface area contributed by atoms with Crippen LogP contribution in [0.25, 0.3) is 0 Å². The molecule has 1 fully saturated rings. The molecule has 9 atom stereocenters. The van der Waals surface area contributed by atoms with E-state index in [0.29, 0.717) is 6.42 Å². The summed E-state index contributed by atoms with van der Waals surface area (Å²) in [5, 5.41) is 63.5. The fourth-order valence-corrected chi connectivity index (χ4v) is 7.04. The third-order valence-corrected chi connectivity index (χ3v) is 10.3. The molecule has 1 amide bonds. The van der Waals surface area contributed by atoms with Crippen molar-refractivity contribution in [2.24, 2.45) is 0 Å². The predicted octanol–water partition coefficient (Wildman–Crippen LogP) is 5.33. The SMILES string of the molecule is CCCCCCCCCCCCC/C=C/[C@@H](O)[C@H](COP(=O)(O)OC1C(O)C(O)C(O)[C@@H](O)C1O)NC(=O)CCCCCCCCCCC. The Morgan fingerprint density at radius 3 is 1.55 bits per heavy atom. The Kier molecular flexibility index (Phi) is 26.1. The summed E-state index contributed by atoms with van der Waals surface area (Å²) in [5.74, 6) is -0.346. The van der Waals surface area contributed by atoms with E-state index >= 15 is 0 Å². The molecule has 1 rings (SSSR count). The van der Waals surface area contributed by atoms with Crippen LogP contribution in [0.5, 0.6) is 0 Å². The first-order valence-electron chi connectivity index (χ1n) is 19.1. The number of unbranched alkanes of at least 4 members (excludes halogenated alkanes) is 19. The Hall–Kier alpha value is -0.920. The summed E-state index contributed by atoms with van der Waals surface area (Å²) in [7, 11) is -5.06. The van der Waals surface area contributed by atoms with E-state index in [0.717, 1.165) is 44.9 Å². The number of aliphatic hydroxyl groups excluding tert-OH is 6. The maximum atomic E-state index is 12.8. The number of hydrogen-bond donors (Lipinski definition) is 8. The summed E-state index contributed by atoms with van der Waals surface area (Å²) in [6.45, 7) is 3.76. The molecule has 0 bridgehead atoms. The van der Waals surface area contributed by atoms with Gasteiger partial charge in [0.25, 0.3) is 0 Å². The van der Waals surface area contributed by atoms with Crippen LogP contribution in [0.4, 0.5) is 0 Å². The minimum Gasteiger partial charge on any atom is -0.387 e. The van der Waals surface area contributed by atoms with Gasteiger partial charge in [0.1, 0.15) is 36.6 Å². The van der Waals surface area contributed by atoms with Gasteiger partial charge in [0, 0.05) is 6.42 Å². The van der Waals surface area contributed by atoms with E-state index in [4.69, 9.17) is 9.05 Å². The maximum absolute atomic E-state index is 12.8. The number of nitrogens with one attached hydrogen (secondary N) is 1. The second-order valence-electron chi connectivity index (χ2n) is 13.8. The monoisotopic (exact) mass is 723 g/mol. The Balaban J connectivity index is 2.62. The summed E-state index contributed by atoms with van der Waals surface area (Å²) in [6, 6.07) is -1.11. The number of carbonyl (C=O) groups is 1. The van der Waals surface area contributed by atoms with E-state index in [1.807, 2.05) is 6.08 Å². The molecule has 12 nitrogen and oxygen atoms in total. The van der Waals surface area contributed by atoms with Crippen LogP contribution in [0.1, 0.15) is 155 Å². The number of amides is 1. The van der Waals surface area contributed by atoms with Gasteiger partial charge in [0.2, 0.25) is 5.91 Å². The van der Waals surface area contributed by atoms with Crippen molar-refractivity contribution in [3.63, 3.8) is 0 Å². The summed E-state index contributed by atoms with van der Waals surface area (Å²) >= 11 is 0. The zero-order chi connectivity index (χ0) is 36.5. The molecule has 1 saturated carbocycles. The molecule has 8 N–H and O–H groups in total. The van der Waals surface area contributed by atoms with Gasteiger partial charge in [-0.3, -0.25) is 13.8 Å². The number of rotatable bonds is 30. The molecule has 0 aromatic rings. The molecule has 49 heavy (non-hydrogen) atoms. The first-order chi connectivity index (χ1) is 23.4. The molecule has 0 heterocycles. The van der Waals surface area contributed by atoms with Crippen molar-refractivity contribution < 1.29 is 53.9 Å². The van der Waals surface area contributed by atoms with Crippen LogP contribution < -0.4 is 5.32 Å². The lowest BCUT2D eigenvalue weighted by Gasteiger charge is -2.41. The third kappa shape index (κ3) is 20.6. The van der Waals surface area contributed by atoms with Crippen LogP contribution in [0.2, 0.25) is 0 Å². The number of phosphoric ester groups is 1. The number of aliphatic hydroxyl groups is 6. The third-order valence-electron chi connectivity index (χ3n) is 9.32. The van der Waals surface area contributed by atoms with Gasteiger partial charge in [-0.15, -0.1) is 0 Å². The zero-order valence-electron chi connectivity index (χ0n) is 30.2. The van der Waals surface area contributed by atoms with Gasteiger partial charge in [-0.1, -0.05) is 142 Å². The molecule has 0 radical (unpaired) electrons. The second kappa shape index (κ2) is 27.7. The lowest BCUT2D eigenvalue weighted by molar-refractivity contribution is -0.220. The molecule has 1 aliphatic rings. The van der Waals surface area contributed by atoms with Crippen LogP contribution in [0.15, 0.2) is 12.2 Å². The van der Waals surface area contributed by atoms with Crippen molar-refractivity contribution in [3.05, 3.63) is 12.2 Å². The van der Waals surface area contributed by atoms with Gasteiger partial charge < -0.3 is 40.8 Å². The quantitative estimate of drug-likeness (QED) is 0.0270. The number of carbonyl (C=O) groups excluding carboxylic acids is 1. The lowest BCUT2D eigenvalue weighted by Crippen LogP contribution is -2.64. The van der Waals surface area contributed by atoms with Gasteiger partial charge in [-0.05, 0) is 19.3 Å². The van der Waals surface area contributed by atoms with E-state index in [-0.39, 0.29) is 12.3 Å². The van der Waals surface area contributed by atoms with Gasteiger partial charge in [-0.25, -0.2) is 4.57 Å². The van der Waals surface area contributed by atoms with Gasteiger partial charge >= 0.3 is 7.82 Å². The Morgan fingerprint density at radius 1 is 0.673 bits per heavy atom. The number of hydrogen-bond acceptors (Lipinski definition) is 10. The van der Waals surface area contributed by atoms with Gasteiger partial charge in [0.05, 0.1) is 18.8 Å². The van der Waals surface area contributed by atoms with Crippen molar-refractivity contribution >= 4 is 13.7 Å². The molecule has 0 aromatic heterocycles. The van der Waals surface area contributed by atoms with Crippen molar-refractivity contribution in [3.8, 4) is 0 Å². The lowest BCUT2D eigenvalue weighted by atomic mass is 9.85. The van der Waals surface area contributed by atoms with Gasteiger partial charge in [-0.2, -0.15) is 0 Å². The fourth-order valence-electron chi connectivity index (χ4n) is 6.08. The number of phosphoric acid groups is 1. The summed E-state index contributed by atoms with van der Waals surface area (Å²) in [5.41, 5.74) is 0. The molecule has 0 spiro atoms. The predicted molar refractivity (Wildman–Crippen MR) is 191 cm³/mol. The Labute approximate surface area is 295 Å². The topological polar surface area (TPSA) is 206 Å². The molecular weight excluding hydrogens is 653 g/mol. The molecule has 0 aliphatic heterocycles. The van der Waals surface area contributed by atoms with Gasteiger partial charge in [0.15, 0.2) is 0 Å². The minimum atomic E-state index is -5.06. The normalized spacial score (nSPS) is 25.3. The first-order valence-corrected chi connectivity index (χ1v) is 20.6. The van der Waals surface area contributed by atoms with Crippen LogP contribution >= 0.6 is 7.82 Å². The van der Waals surface area contributed by atoms with E-state index in [2.05, 4.69) is 19.2 Å². The Bertz CT molecular complexity index is 894. The van der Waals surface area contributed by atoms with Crippen molar-refractivity contribution in [1.29, 1.82) is 0 Å². The average Bonchev–Trinajstić information content (AvgIpc) is 3.08. The zero-order valence-corrected chi connectivity index (χ0v) is 31.1. The second-order valence-corrected chi connectivity index (χ2v) is 15.2. The van der Waals surface area contributed by atoms with E-state index < -0.39 is 63.2 Å². The van der Waals surface area contributed by atoms with Crippen LogP contribution in [-0.4, -0.2) is 96.8 Å². The maximum Gasteiger partial charge on any atom is 0.472 e.